The summed E-state index contributed by atoms with van der Waals surface area (Å²) in [6, 6.07) is 0. The van der Waals surface area contributed by atoms with E-state index < -0.39 is 30.2 Å². The quantitative estimate of drug-likeness (QED) is 0.293. The zero-order valence-corrected chi connectivity index (χ0v) is 9.96. The monoisotopic (exact) mass is 249 g/mol. The first-order chi connectivity index (χ1) is 7.93. The van der Waals surface area contributed by atoms with Crippen LogP contribution in [0.3, 0.4) is 0 Å². The average Bonchev–Trinajstić information content (AvgIpc) is 2.17. The summed E-state index contributed by atoms with van der Waals surface area (Å²) in [4.78, 5) is 23.0. The molecule has 0 saturated carbocycles. The summed E-state index contributed by atoms with van der Waals surface area (Å²) >= 11 is 0. The fourth-order valence-electron chi connectivity index (χ4n) is 1.26. The first kappa shape index (κ1) is 15.8. The van der Waals surface area contributed by atoms with Crippen molar-refractivity contribution in [3.05, 3.63) is 0 Å². The zero-order chi connectivity index (χ0) is 13.4. The third-order valence-corrected chi connectivity index (χ3v) is 1.95. The van der Waals surface area contributed by atoms with Crippen molar-refractivity contribution >= 4 is 11.9 Å². The maximum Gasteiger partial charge on any atom is 0.323 e. The lowest BCUT2D eigenvalue weighted by molar-refractivity contribution is -0.167. The van der Waals surface area contributed by atoms with Crippen molar-refractivity contribution in [2.45, 2.75) is 32.6 Å². The second kappa shape index (κ2) is 7.99. The summed E-state index contributed by atoms with van der Waals surface area (Å²) in [5.74, 6) is -3.26. The molecule has 7 nitrogen and oxygen atoms in total. The summed E-state index contributed by atoms with van der Waals surface area (Å²) in [7, 11) is 0. The van der Waals surface area contributed by atoms with Gasteiger partial charge in [0.15, 0.2) is 5.92 Å². The van der Waals surface area contributed by atoms with E-state index in [2.05, 4.69) is 9.47 Å². The molecule has 100 valence electrons. The maximum absolute atomic E-state index is 11.5. The molecule has 4 N–H and O–H groups in total. The van der Waals surface area contributed by atoms with E-state index in [4.69, 9.17) is 10.8 Å². The van der Waals surface area contributed by atoms with Gasteiger partial charge in [-0.15, -0.1) is 0 Å². The highest BCUT2D eigenvalue weighted by atomic mass is 16.6. The first-order valence-electron chi connectivity index (χ1n) is 5.38. The fraction of sp³-hybridized carbons (Fsp3) is 0.800. The number of carbonyl (C=O) groups is 2. The van der Waals surface area contributed by atoms with Crippen molar-refractivity contribution in [2.24, 2.45) is 11.7 Å². The van der Waals surface area contributed by atoms with Crippen molar-refractivity contribution in [3.8, 4) is 0 Å². The summed E-state index contributed by atoms with van der Waals surface area (Å²) in [6.07, 6.45) is -3.08. The van der Waals surface area contributed by atoms with Gasteiger partial charge in [-0.3, -0.25) is 9.59 Å². The number of hydrogen-bond donors (Lipinski definition) is 3. The van der Waals surface area contributed by atoms with Gasteiger partial charge >= 0.3 is 11.9 Å². The first-order valence-corrected chi connectivity index (χ1v) is 5.38. The van der Waals surface area contributed by atoms with Crippen molar-refractivity contribution in [3.63, 3.8) is 0 Å². The smallest absolute Gasteiger partial charge is 0.323 e. The fourth-order valence-corrected chi connectivity index (χ4v) is 1.26. The highest BCUT2D eigenvalue weighted by Gasteiger charge is 2.37. The largest absolute Gasteiger partial charge is 0.465 e. The molecule has 17 heavy (non-hydrogen) atoms. The van der Waals surface area contributed by atoms with Gasteiger partial charge in [0.2, 0.25) is 0 Å². The van der Waals surface area contributed by atoms with Gasteiger partial charge in [0, 0.05) is 6.42 Å². The molecule has 7 heteroatoms. The Morgan fingerprint density at radius 2 is 1.53 bits per heavy atom. The molecule has 0 amide bonds. The summed E-state index contributed by atoms with van der Waals surface area (Å²) in [6.45, 7) is 3.30. The van der Waals surface area contributed by atoms with Gasteiger partial charge < -0.3 is 25.4 Å². The molecular weight excluding hydrogens is 230 g/mol. The van der Waals surface area contributed by atoms with Crippen LogP contribution >= 0.6 is 0 Å². The Bertz CT molecular complexity index is 237. The van der Waals surface area contributed by atoms with Gasteiger partial charge in [-0.2, -0.15) is 0 Å². The lowest BCUT2D eigenvalue weighted by atomic mass is 9.99. The van der Waals surface area contributed by atoms with E-state index in [1.807, 2.05) is 0 Å². The van der Waals surface area contributed by atoms with E-state index >= 15 is 0 Å². The SMILES string of the molecule is CCOC(=O)C(C(=O)OCC)C(O)CC(N)O. The number of rotatable bonds is 7. The van der Waals surface area contributed by atoms with Crippen LogP contribution in [0.15, 0.2) is 0 Å². The zero-order valence-electron chi connectivity index (χ0n) is 9.96. The van der Waals surface area contributed by atoms with E-state index in [9.17, 15) is 14.7 Å². The number of hydrogen-bond acceptors (Lipinski definition) is 7. The molecule has 0 radical (unpaired) electrons. The Kier molecular flexibility index (Phi) is 7.44. The summed E-state index contributed by atoms with van der Waals surface area (Å²) < 4.78 is 9.30. The predicted octanol–water partition coefficient (Wildman–Crippen LogP) is -1.24. The van der Waals surface area contributed by atoms with Gasteiger partial charge in [0.05, 0.1) is 19.3 Å². The molecule has 0 rings (SSSR count). The van der Waals surface area contributed by atoms with Crippen molar-refractivity contribution in [2.75, 3.05) is 13.2 Å². The molecular formula is C10H19NO6. The Morgan fingerprint density at radius 1 is 1.12 bits per heavy atom. The molecule has 2 atom stereocenters. The Labute approximate surface area is 99.5 Å². The van der Waals surface area contributed by atoms with E-state index in [0.29, 0.717) is 0 Å². The van der Waals surface area contributed by atoms with Crippen LogP contribution in [0.1, 0.15) is 20.3 Å². The number of ether oxygens (including phenoxy) is 2. The Morgan fingerprint density at radius 3 is 1.82 bits per heavy atom. The molecule has 0 aliphatic carbocycles. The van der Waals surface area contributed by atoms with E-state index in [1.54, 1.807) is 13.8 Å². The van der Waals surface area contributed by atoms with Gasteiger partial charge in [0.1, 0.15) is 6.23 Å². The number of esters is 2. The van der Waals surface area contributed by atoms with E-state index in [1.165, 1.54) is 0 Å². The number of carbonyl (C=O) groups excluding carboxylic acids is 2. The highest BCUT2D eigenvalue weighted by Crippen LogP contribution is 2.13. The maximum atomic E-state index is 11.5. The molecule has 0 bridgehead atoms. The standard InChI is InChI=1S/C10H19NO6/c1-3-16-9(14)8(10(15)17-4-2)6(12)5-7(11)13/h6-8,12-13H,3-5,11H2,1-2H3. The van der Waals surface area contributed by atoms with Crippen molar-refractivity contribution in [1.82, 2.24) is 0 Å². The van der Waals surface area contributed by atoms with Crippen LogP contribution in [0.2, 0.25) is 0 Å². The van der Waals surface area contributed by atoms with Crippen LogP contribution in [0.25, 0.3) is 0 Å². The minimum atomic E-state index is -1.48. The second-order valence-corrected chi connectivity index (χ2v) is 3.35. The summed E-state index contributed by atoms with van der Waals surface area (Å²) in [5, 5.41) is 18.5. The van der Waals surface area contributed by atoms with E-state index in [-0.39, 0.29) is 19.6 Å². The van der Waals surface area contributed by atoms with Crippen LogP contribution in [0, 0.1) is 5.92 Å². The second-order valence-electron chi connectivity index (χ2n) is 3.35. The Hall–Kier alpha value is -1.18. The predicted molar refractivity (Wildman–Crippen MR) is 57.6 cm³/mol. The molecule has 0 saturated heterocycles. The van der Waals surface area contributed by atoms with Gasteiger partial charge in [-0.25, -0.2) is 0 Å². The minimum Gasteiger partial charge on any atom is -0.465 e. The highest BCUT2D eigenvalue weighted by molar-refractivity contribution is 5.95. The van der Waals surface area contributed by atoms with Gasteiger partial charge in [-0.1, -0.05) is 0 Å². The lowest BCUT2D eigenvalue weighted by Crippen LogP contribution is -2.40. The molecule has 0 fully saturated rings. The van der Waals surface area contributed by atoms with Crippen LogP contribution in [0.5, 0.6) is 0 Å². The topological polar surface area (TPSA) is 119 Å². The molecule has 0 aromatic heterocycles. The molecule has 0 aliphatic rings. The number of aliphatic hydroxyl groups is 2. The molecule has 0 aromatic rings. The van der Waals surface area contributed by atoms with Crippen LogP contribution in [0.4, 0.5) is 0 Å². The van der Waals surface area contributed by atoms with E-state index in [0.717, 1.165) is 0 Å². The summed E-state index contributed by atoms with van der Waals surface area (Å²) in [5.41, 5.74) is 5.07. The number of aliphatic hydroxyl groups excluding tert-OH is 2. The van der Waals surface area contributed by atoms with Crippen molar-refractivity contribution in [1.29, 1.82) is 0 Å². The average molecular weight is 249 g/mol. The lowest BCUT2D eigenvalue weighted by Gasteiger charge is -2.20. The molecule has 0 spiro atoms. The molecule has 2 unspecified atom stereocenters. The third-order valence-electron chi connectivity index (χ3n) is 1.95. The van der Waals surface area contributed by atoms with Gasteiger partial charge in [0.25, 0.3) is 0 Å². The Balaban J connectivity index is 4.70. The molecule has 0 aromatic carbocycles. The molecule has 0 aliphatic heterocycles. The normalized spacial score (nSPS) is 14.2. The number of nitrogens with two attached hydrogens (primary N) is 1. The van der Waals surface area contributed by atoms with Crippen LogP contribution in [-0.2, 0) is 19.1 Å². The van der Waals surface area contributed by atoms with Crippen LogP contribution in [-0.4, -0.2) is 47.7 Å². The van der Waals surface area contributed by atoms with Crippen LogP contribution < -0.4 is 5.73 Å². The third kappa shape index (κ3) is 5.62. The van der Waals surface area contributed by atoms with Gasteiger partial charge in [-0.05, 0) is 13.8 Å². The minimum absolute atomic E-state index is 0.0760. The molecule has 0 heterocycles. The van der Waals surface area contributed by atoms with Crippen molar-refractivity contribution < 1.29 is 29.3 Å².